The van der Waals surface area contributed by atoms with Crippen LogP contribution >= 0.6 is 11.3 Å². The zero-order valence-electron chi connectivity index (χ0n) is 14.9. The van der Waals surface area contributed by atoms with Gasteiger partial charge in [0.1, 0.15) is 11.7 Å². The molecule has 26 heavy (non-hydrogen) atoms. The first-order valence-electron chi connectivity index (χ1n) is 8.95. The molecule has 1 unspecified atom stereocenters. The van der Waals surface area contributed by atoms with Crippen LogP contribution in [0.3, 0.4) is 0 Å². The summed E-state index contributed by atoms with van der Waals surface area (Å²) in [6.45, 7) is 2.08. The summed E-state index contributed by atoms with van der Waals surface area (Å²) in [7, 11) is 2.21. The molecule has 7 heteroatoms. The van der Waals surface area contributed by atoms with Crippen molar-refractivity contribution in [2.24, 2.45) is 16.7 Å². The van der Waals surface area contributed by atoms with Gasteiger partial charge >= 0.3 is 0 Å². The van der Waals surface area contributed by atoms with Crippen molar-refractivity contribution >= 4 is 44.7 Å². The van der Waals surface area contributed by atoms with Crippen LogP contribution in [-0.4, -0.2) is 41.9 Å². The van der Waals surface area contributed by atoms with Gasteiger partial charge in [-0.2, -0.15) is 16.4 Å². The number of hydrazone groups is 1. The Morgan fingerprint density at radius 3 is 2.96 bits per heavy atom. The predicted octanol–water partition coefficient (Wildman–Crippen LogP) is 2.92. The van der Waals surface area contributed by atoms with Crippen LogP contribution < -0.4 is 16.9 Å². The number of thiophene rings is 1. The molecule has 0 amide bonds. The Bertz CT molecular complexity index is 963. The first-order chi connectivity index (χ1) is 12.7. The number of nitrogens with zero attached hydrogens (tertiary/aromatic N) is 3. The van der Waals surface area contributed by atoms with Crippen molar-refractivity contribution in [1.82, 2.24) is 9.88 Å². The fraction of sp³-hybridized carbons (Fsp3) is 0.368. The van der Waals surface area contributed by atoms with Gasteiger partial charge in [-0.3, -0.25) is 0 Å². The molecule has 1 fully saturated rings. The fourth-order valence-electron chi connectivity index (χ4n) is 3.71. The summed E-state index contributed by atoms with van der Waals surface area (Å²) in [6.07, 6.45) is 3.83. The van der Waals surface area contributed by atoms with Crippen molar-refractivity contribution in [2.45, 2.75) is 25.3 Å². The maximum absolute atomic E-state index is 5.87. The Morgan fingerprint density at radius 2 is 2.15 bits per heavy atom. The van der Waals surface area contributed by atoms with E-state index in [1.807, 2.05) is 18.2 Å². The fourth-order valence-corrected chi connectivity index (χ4v) is 4.54. The second kappa shape index (κ2) is 7.09. The minimum absolute atomic E-state index is 0.317. The number of piperidine rings is 1. The molecule has 6 nitrogen and oxygen atoms in total. The van der Waals surface area contributed by atoms with Gasteiger partial charge in [-0.15, -0.1) is 0 Å². The standard InChI is InChI=1S/C19H24N6S/c1-25-7-3-2-4-13(25)9-22-19-16-11-26-10-15(16)14-6-5-12(18(20)24-21)8-17(14)23-19/h5-6,8,10-11,13H,2-4,7,9,21H2,1H3,(H2,20,24)(H,22,23). The molecular weight excluding hydrogens is 344 g/mol. The summed E-state index contributed by atoms with van der Waals surface area (Å²) < 4.78 is 0. The largest absolute Gasteiger partial charge is 0.382 e. The molecule has 4 rings (SSSR count). The second-order valence-electron chi connectivity index (χ2n) is 6.92. The molecular formula is C19H24N6S. The van der Waals surface area contributed by atoms with E-state index in [0.29, 0.717) is 11.9 Å². The molecule has 0 radical (unpaired) electrons. The maximum Gasteiger partial charge on any atom is 0.150 e. The molecule has 1 aromatic carbocycles. The Hall–Kier alpha value is -2.38. The number of anilines is 1. The van der Waals surface area contributed by atoms with Gasteiger partial charge in [0.15, 0.2) is 0 Å². The minimum atomic E-state index is 0.317. The lowest BCUT2D eigenvalue weighted by molar-refractivity contribution is 0.194. The quantitative estimate of drug-likeness (QED) is 0.285. The van der Waals surface area contributed by atoms with Crippen LogP contribution in [0.2, 0.25) is 0 Å². The molecule has 0 spiro atoms. The zero-order chi connectivity index (χ0) is 18.1. The second-order valence-corrected chi connectivity index (χ2v) is 7.66. The number of amidine groups is 1. The molecule has 0 bridgehead atoms. The number of nitrogens with one attached hydrogen (secondary N) is 1. The average Bonchev–Trinajstić information content (AvgIpc) is 3.16. The number of hydrogen-bond acceptors (Lipinski definition) is 6. The topological polar surface area (TPSA) is 92.6 Å². The van der Waals surface area contributed by atoms with Gasteiger partial charge in [-0.05, 0) is 37.9 Å². The molecule has 136 valence electrons. The Morgan fingerprint density at radius 1 is 1.31 bits per heavy atom. The monoisotopic (exact) mass is 368 g/mol. The van der Waals surface area contributed by atoms with Crippen LogP contribution in [0.1, 0.15) is 24.8 Å². The van der Waals surface area contributed by atoms with E-state index in [9.17, 15) is 0 Å². The molecule has 3 aromatic rings. The van der Waals surface area contributed by atoms with Gasteiger partial charge in [0.05, 0.1) is 5.52 Å². The van der Waals surface area contributed by atoms with E-state index in [1.54, 1.807) is 11.3 Å². The van der Waals surface area contributed by atoms with Crippen molar-refractivity contribution in [1.29, 1.82) is 0 Å². The maximum atomic E-state index is 5.87. The van der Waals surface area contributed by atoms with Gasteiger partial charge in [0.25, 0.3) is 0 Å². The Balaban J connectivity index is 1.71. The van der Waals surface area contributed by atoms with Crippen molar-refractivity contribution in [2.75, 3.05) is 25.5 Å². The number of aromatic nitrogens is 1. The summed E-state index contributed by atoms with van der Waals surface area (Å²) >= 11 is 1.70. The van der Waals surface area contributed by atoms with E-state index in [1.165, 1.54) is 36.6 Å². The Kier molecular flexibility index (Phi) is 4.65. The number of fused-ring (bicyclic) bond motifs is 3. The lowest BCUT2D eigenvalue weighted by Gasteiger charge is -2.32. The van der Waals surface area contributed by atoms with Crippen LogP contribution in [-0.2, 0) is 0 Å². The minimum Gasteiger partial charge on any atom is -0.382 e. The molecule has 0 saturated carbocycles. The number of pyridine rings is 1. The predicted molar refractivity (Wildman–Crippen MR) is 111 cm³/mol. The van der Waals surface area contributed by atoms with Gasteiger partial charge in [0.2, 0.25) is 0 Å². The van der Waals surface area contributed by atoms with Crippen LogP contribution in [0.4, 0.5) is 5.82 Å². The van der Waals surface area contributed by atoms with Crippen molar-refractivity contribution < 1.29 is 0 Å². The van der Waals surface area contributed by atoms with Crippen LogP contribution in [0.5, 0.6) is 0 Å². The number of benzene rings is 1. The van der Waals surface area contributed by atoms with Crippen molar-refractivity contribution in [3.63, 3.8) is 0 Å². The number of rotatable bonds is 4. The average molecular weight is 369 g/mol. The van der Waals surface area contributed by atoms with Gasteiger partial charge < -0.3 is 21.8 Å². The van der Waals surface area contributed by atoms with Crippen LogP contribution in [0.15, 0.2) is 34.1 Å². The number of nitrogens with two attached hydrogens (primary N) is 2. The third kappa shape index (κ3) is 3.08. The summed E-state index contributed by atoms with van der Waals surface area (Å²) in [6, 6.07) is 6.50. The highest BCUT2D eigenvalue weighted by Crippen LogP contribution is 2.32. The summed E-state index contributed by atoms with van der Waals surface area (Å²) in [5.74, 6) is 6.58. The third-order valence-corrected chi connectivity index (χ3v) is 6.04. The Labute approximate surface area is 156 Å². The molecule has 2 aromatic heterocycles. The first kappa shape index (κ1) is 17.1. The molecule has 1 atom stereocenters. The molecule has 1 saturated heterocycles. The van der Waals surface area contributed by atoms with Gasteiger partial charge in [0, 0.05) is 39.7 Å². The first-order valence-corrected chi connectivity index (χ1v) is 9.89. The van der Waals surface area contributed by atoms with E-state index in [2.05, 4.69) is 33.1 Å². The van der Waals surface area contributed by atoms with Crippen molar-refractivity contribution in [3.8, 4) is 0 Å². The van der Waals surface area contributed by atoms with Crippen LogP contribution in [0, 0.1) is 0 Å². The van der Waals surface area contributed by atoms with Crippen molar-refractivity contribution in [3.05, 3.63) is 34.5 Å². The summed E-state index contributed by atoms with van der Waals surface area (Å²) in [5, 5.41) is 15.0. The highest BCUT2D eigenvalue weighted by Gasteiger charge is 2.19. The highest BCUT2D eigenvalue weighted by atomic mass is 32.1. The smallest absolute Gasteiger partial charge is 0.150 e. The zero-order valence-corrected chi connectivity index (χ0v) is 15.7. The third-order valence-electron chi connectivity index (χ3n) is 5.30. The normalized spacial score (nSPS) is 19.3. The molecule has 1 aliphatic heterocycles. The van der Waals surface area contributed by atoms with Gasteiger partial charge in [-0.25, -0.2) is 4.98 Å². The van der Waals surface area contributed by atoms with E-state index in [0.717, 1.165) is 28.8 Å². The van der Waals surface area contributed by atoms with Crippen LogP contribution in [0.25, 0.3) is 21.7 Å². The van der Waals surface area contributed by atoms with E-state index in [4.69, 9.17) is 16.6 Å². The lowest BCUT2D eigenvalue weighted by atomic mass is 10.0. The lowest BCUT2D eigenvalue weighted by Crippen LogP contribution is -2.40. The number of likely N-dealkylation sites (tertiary alicyclic amines) is 1. The van der Waals surface area contributed by atoms with Gasteiger partial charge in [-0.1, -0.05) is 18.6 Å². The molecule has 5 N–H and O–H groups in total. The van der Waals surface area contributed by atoms with E-state index in [-0.39, 0.29) is 0 Å². The number of hydrogen-bond donors (Lipinski definition) is 3. The SMILES string of the molecule is CN1CCCCC1CNc1nc2cc(/C(N)=N/N)ccc2c2cscc12. The summed E-state index contributed by atoms with van der Waals surface area (Å²) in [5.41, 5.74) is 7.56. The van der Waals surface area contributed by atoms with E-state index < -0.39 is 0 Å². The highest BCUT2D eigenvalue weighted by molar-refractivity contribution is 7.09. The molecule has 1 aliphatic rings. The summed E-state index contributed by atoms with van der Waals surface area (Å²) in [4.78, 5) is 7.33. The molecule has 0 aliphatic carbocycles. The number of likely N-dealkylation sites (N-methyl/N-ethyl adjacent to an activating group) is 1. The van der Waals surface area contributed by atoms with E-state index >= 15 is 0 Å². The molecule has 3 heterocycles.